The van der Waals surface area contributed by atoms with Crippen LogP contribution in [0.3, 0.4) is 0 Å². The predicted octanol–water partition coefficient (Wildman–Crippen LogP) is 5.57. The number of benzene rings is 2. The Morgan fingerprint density at radius 1 is 1.15 bits per heavy atom. The van der Waals surface area contributed by atoms with Gasteiger partial charge in [-0.1, -0.05) is 31.0 Å². The van der Waals surface area contributed by atoms with Crippen molar-refractivity contribution in [2.45, 2.75) is 70.6 Å². The molecule has 0 aromatic heterocycles. The Bertz CT molecular complexity index is 961. The SMILES string of the molecule is CCOc1cccc(-c2ccc(NC3(C(=O)O)CCOCC3)cc2COC2CCCC2)c1C. The molecule has 2 fully saturated rings. The van der Waals surface area contributed by atoms with Crippen LogP contribution in [0.5, 0.6) is 5.75 Å². The first-order chi connectivity index (χ1) is 16.0. The van der Waals surface area contributed by atoms with Crippen molar-refractivity contribution in [1.29, 1.82) is 0 Å². The Kier molecular flexibility index (Phi) is 7.56. The average Bonchev–Trinajstić information content (AvgIpc) is 3.34. The van der Waals surface area contributed by atoms with Crippen LogP contribution in [0, 0.1) is 6.92 Å². The van der Waals surface area contributed by atoms with Gasteiger partial charge in [0, 0.05) is 31.7 Å². The number of anilines is 1. The number of ether oxygens (including phenoxy) is 3. The summed E-state index contributed by atoms with van der Waals surface area (Å²) in [5.74, 6) is 0.0470. The molecule has 0 unspecified atom stereocenters. The fourth-order valence-electron chi connectivity index (χ4n) is 4.92. The second kappa shape index (κ2) is 10.6. The maximum atomic E-state index is 12.1. The van der Waals surface area contributed by atoms with Crippen LogP contribution in [0.25, 0.3) is 11.1 Å². The van der Waals surface area contributed by atoms with E-state index in [9.17, 15) is 9.90 Å². The van der Waals surface area contributed by atoms with E-state index >= 15 is 0 Å². The molecule has 1 saturated heterocycles. The normalized spacial score (nSPS) is 18.2. The maximum Gasteiger partial charge on any atom is 0.329 e. The van der Waals surface area contributed by atoms with Gasteiger partial charge in [0.1, 0.15) is 11.3 Å². The predicted molar refractivity (Wildman–Crippen MR) is 129 cm³/mol. The van der Waals surface area contributed by atoms with Crippen molar-refractivity contribution in [2.75, 3.05) is 25.1 Å². The Labute approximate surface area is 196 Å². The highest BCUT2D eigenvalue weighted by Gasteiger charge is 2.40. The fraction of sp³-hybridized carbons (Fsp3) is 0.519. The Morgan fingerprint density at radius 3 is 2.61 bits per heavy atom. The van der Waals surface area contributed by atoms with E-state index in [1.807, 2.05) is 25.1 Å². The monoisotopic (exact) mass is 453 g/mol. The zero-order chi connectivity index (χ0) is 23.3. The summed E-state index contributed by atoms with van der Waals surface area (Å²) in [7, 11) is 0. The van der Waals surface area contributed by atoms with Crippen LogP contribution in [-0.4, -0.2) is 42.5 Å². The van der Waals surface area contributed by atoms with Gasteiger partial charge in [0.25, 0.3) is 0 Å². The van der Waals surface area contributed by atoms with E-state index < -0.39 is 11.5 Å². The van der Waals surface area contributed by atoms with E-state index in [4.69, 9.17) is 14.2 Å². The molecular formula is C27H35NO5. The standard InChI is InChI=1S/C27H35NO5/c1-3-32-25-10-6-9-23(19(25)2)24-12-11-21(17-20(24)18-33-22-7-4-5-8-22)28-27(26(29)30)13-15-31-16-14-27/h6,9-12,17,22,28H,3-5,7-8,13-16,18H2,1-2H3,(H,29,30). The summed E-state index contributed by atoms with van der Waals surface area (Å²) in [6.45, 7) is 6.07. The molecule has 2 N–H and O–H groups in total. The van der Waals surface area contributed by atoms with E-state index in [0.717, 1.165) is 46.5 Å². The molecule has 4 rings (SSSR count). The van der Waals surface area contributed by atoms with Gasteiger partial charge in [0.05, 0.1) is 19.3 Å². The zero-order valence-corrected chi connectivity index (χ0v) is 19.7. The number of nitrogens with one attached hydrogen (secondary N) is 1. The fourth-order valence-corrected chi connectivity index (χ4v) is 4.92. The highest BCUT2D eigenvalue weighted by atomic mass is 16.5. The van der Waals surface area contributed by atoms with Crippen molar-refractivity contribution in [3.63, 3.8) is 0 Å². The van der Waals surface area contributed by atoms with Crippen LogP contribution >= 0.6 is 0 Å². The molecule has 0 amide bonds. The van der Waals surface area contributed by atoms with Crippen molar-refractivity contribution in [3.05, 3.63) is 47.5 Å². The highest BCUT2D eigenvalue weighted by Crippen LogP contribution is 2.36. The number of carboxylic acid groups (broad SMARTS) is 1. The average molecular weight is 454 g/mol. The van der Waals surface area contributed by atoms with Gasteiger partial charge in [-0.15, -0.1) is 0 Å². The van der Waals surface area contributed by atoms with Gasteiger partial charge < -0.3 is 24.6 Å². The lowest BCUT2D eigenvalue weighted by atomic mass is 9.89. The third-order valence-electron chi connectivity index (χ3n) is 6.90. The highest BCUT2D eigenvalue weighted by molar-refractivity contribution is 5.83. The topological polar surface area (TPSA) is 77.0 Å². The van der Waals surface area contributed by atoms with E-state index in [2.05, 4.69) is 30.4 Å². The third-order valence-corrected chi connectivity index (χ3v) is 6.90. The van der Waals surface area contributed by atoms with Gasteiger partial charge in [-0.3, -0.25) is 0 Å². The lowest BCUT2D eigenvalue weighted by Gasteiger charge is -2.35. The number of hydrogen-bond donors (Lipinski definition) is 2. The first-order valence-electron chi connectivity index (χ1n) is 12.1. The molecule has 1 aliphatic carbocycles. The van der Waals surface area contributed by atoms with E-state index in [1.54, 1.807) is 0 Å². The molecule has 0 atom stereocenters. The molecule has 178 valence electrons. The van der Waals surface area contributed by atoms with E-state index in [-0.39, 0.29) is 0 Å². The maximum absolute atomic E-state index is 12.1. The minimum absolute atomic E-state index is 0.297. The molecule has 0 spiro atoms. The summed E-state index contributed by atoms with van der Waals surface area (Å²) in [6, 6.07) is 12.2. The van der Waals surface area contributed by atoms with Crippen LogP contribution in [0.4, 0.5) is 5.69 Å². The van der Waals surface area contributed by atoms with Crippen molar-refractivity contribution in [3.8, 4) is 16.9 Å². The quantitative estimate of drug-likeness (QED) is 0.517. The molecule has 1 aliphatic heterocycles. The van der Waals surface area contributed by atoms with Crippen molar-refractivity contribution >= 4 is 11.7 Å². The molecule has 6 heteroatoms. The Hall–Kier alpha value is -2.57. The molecule has 2 aliphatic rings. The summed E-state index contributed by atoms with van der Waals surface area (Å²) in [6.07, 6.45) is 5.82. The van der Waals surface area contributed by atoms with Crippen molar-refractivity contribution in [1.82, 2.24) is 0 Å². The molecule has 1 saturated carbocycles. The Morgan fingerprint density at radius 2 is 1.91 bits per heavy atom. The molecule has 1 heterocycles. The van der Waals surface area contributed by atoms with Gasteiger partial charge in [0.2, 0.25) is 0 Å². The number of rotatable bonds is 9. The second-order valence-electron chi connectivity index (χ2n) is 9.08. The minimum atomic E-state index is -1.01. The van der Waals surface area contributed by atoms with Gasteiger partial charge in [-0.05, 0) is 67.1 Å². The summed E-state index contributed by atoms with van der Waals surface area (Å²) >= 11 is 0. The first kappa shape index (κ1) is 23.6. The first-order valence-corrected chi connectivity index (χ1v) is 12.1. The van der Waals surface area contributed by atoms with Crippen LogP contribution in [0.15, 0.2) is 36.4 Å². The smallest absolute Gasteiger partial charge is 0.329 e. The lowest BCUT2D eigenvalue weighted by Crippen LogP contribution is -2.50. The molecule has 0 bridgehead atoms. The van der Waals surface area contributed by atoms with Crippen LogP contribution in [-0.2, 0) is 20.9 Å². The molecule has 2 aromatic rings. The zero-order valence-electron chi connectivity index (χ0n) is 19.7. The number of carboxylic acids is 1. The molecular weight excluding hydrogens is 418 g/mol. The van der Waals surface area contributed by atoms with Crippen LogP contribution < -0.4 is 10.1 Å². The largest absolute Gasteiger partial charge is 0.494 e. The number of carbonyl (C=O) groups is 1. The molecule has 6 nitrogen and oxygen atoms in total. The summed E-state index contributed by atoms with van der Waals surface area (Å²) in [4.78, 5) is 12.1. The van der Waals surface area contributed by atoms with Gasteiger partial charge in [-0.2, -0.15) is 0 Å². The molecule has 2 aromatic carbocycles. The summed E-state index contributed by atoms with van der Waals surface area (Å²) < 4.78 is 17.5. The van der Waals surface area contributed by atoms with Gasteiger partial charge in [-0.25, -0.2) is 4.79 Å². The minimum Gasteiger partial charge on any atom is -0.494 e. The van der Waals surface area contributed by atoms with Crippen molar-refractivity contribution in [2.24, 2.45) is 0 Å². The van der Waals surface area contributed by atoms with Gasteiger partial charge >= 0.3 is 5.97 Å². The molecule has 0 radical (unpaired) electrons. The van der Waals surface area contributed by atoms with E-state index in [1.165, 1.54) is 12.8 Å². The number of hydrogen-bond acceptors (Lipinski definition) is 5. The second-order valence-corrected chi connectivity index (χ2v) is 9.08. The van der Waals surface area contributed by atoms with Crippen molar-refractivity contribution < 1.29 is 24.1 Å². The Balaban J connectivity index is 1.67. The van der Waals surface area contributed by atoms with Crippen LogP contribution in [0.2, 0.25) is 0 Å². The van der Waals surface area contributed by atoms with E-state index in [0.29, 0.717) is 45.4 Å². The van der Waals surface area contributed by atoms with Crippen LogP contribution in [0.1, 0.15) is 56.6 Å². The summed E-state index contributed by atoms with van der Waals surface area (Å²) in [5, 5.41) is 13.3. The third kappa shape index (κ3) is 5.33. The lowest BCUT2D eigenvalue weighted by molar-refractivity contribution is -0.145. The number of aliphatic carboxylic acids is 1. The van der Waals surface area contributed by atoms with Gasteiger partial charge in [0.15, 0.2) is 0 Å². The molecule has 33 heavy (non-hydrogen) atoms. The summed E-state index contributed by atoms with van der Waals surface area (Å²) in [5.41, 5.74) is 4.13.